The maximum absolute atomic E-state index is 13.4. The monoisotopic (exact) mass is 581 g/mol. The van der Waals surface area contributed by atoms with Gasteiger partial charge < -0.3 is 4.74 Å². The molecule has 0 aliphatic rings. The van der Waals surface area contributed by atoms with Crippen LogP contribution in [-0.4, -0.2) is 27.1 Å². The number of carbonyl (C=O) groups excluding carboxylic acids is 1. The van der Waals surface area contributed by atoms with Crippen molar-refractivity contribution in [3.8, 4) is 5.75 Å². The topological polar surface area (TPSA) is 88.1 Å². The molecule has 0 spiro atoms. The molecule has 4 aromatic rings. The minimum Gasteiger partial charge on any atom is -0.489 e. The first-order valence-electron chi connectivity index (χ1n) is 11.9. The molecule has 0 bridgehead atoms. The molecule has 4 aromatic carbocycles. The van der Waals surface area contributed by atoms with Crippen molar-refractivity contribution in [1.82, 2.24) is 5.43 Å². The Bertz CT molecular complexity index is 1560. The molecular weight excluding hydrogens is 557 g/mol. The predicted octanol–water partition coefficient (Wildman–Crippen LogP) is 6.23. The first-order chi connectivity index (χ1) is 18.7. The summed E-state index contributed by atoms with van der Waals surface area (Å²) in [6, 6.07) is 27.4. The van der Waals surface area contributed by atoms with Gasteiger partial charge in [-0.3, -0.25) is 9.10 Å². The number of nitrogens with zero attached hydrogens (tertiary/aromatic N) is 2. The van der Waals surface area contributed by atoms with Gasteiger partial charge in [-0.1, -0.05) is 71.2 Å². The maximum atomic E-state index is 13.4. The third-order valence-electron chi connectivity index (χ3n) is 5.62. The Morgan fingerprint density at radius 2 is 1.62 bits per heavy atom. The van der Waals surface area contributed by atoms with Crippen LogP contribution in [0.1, 0.15) is 16.7 Å². The smallest absolute Gasteiger partial charge is 0.264 e. The number of hydrazone groups is 1. The van der Waals surface area contributed by atoms with Crippen LogP contribution in [0.5, 0.6) is 5.75 Å². The van der Waals surface area contributed by atoms with Crippen molar-refractivity contribution in [2.45, 2.75) is 18.4 Å². The molecule has 7 nitrogen and oxygen atoms in total. The largest absolute Gasteiger partial charge is 0.489 e. The fraction of sp³-hybridized carbons (Fsp3) is 0.103. The van der Waals surface area contributed by atoms with Crippen LogP contribution in [-0.2, 0) is 21.4 Å². The molecular formula is C29H25Cl2N3O4S. The standard InChI is InChI=1S/C29H25Cl2N3O4S/c1-21-7-9-23(10-8-21)20-38-25-14-11-22(12-15-25)18-32-33-29(35)19-34(24-13-16-27(30)28(31)17-24)39(36,37)26-5-3-2-4-6-26/h2-18H,19-20H2,1H3,(H,33,35)/b32-18-. The van der Waals surface area contributed by atoms with Crippen LogP contribution in [0.2, 0.25) is 10.0 Å². The summed E-state index contributed by atoms with van der Waals surface area (Å²) in [5.41, 5.74) is 5.55. The number of ether oxygens (including phenoxy) is 1. The molecule has 0 saturated carbocycles. The van der Waals surface area contributed by atoms with Crippen molar-refractivity contribution >= 4 is 51.0 Å². The van der Waals surface area contributed by atoms with Gasteiger partial charge in [0.05, 0.1) is 26.8 Å². The molecule has 0 unspecified atom stereocenters. The number of halogens is 2. The highest BCUT2D eigenvalue weighted by Crippen LogP contribution is 2.30. The summed E-state index contributed by atoms with van der Waals surface area (Å²) >= 11 is 12.1. The lowest BCUT2D eigenvalue weighted by Gasteiger charge is -2.24. The van der Waals surface area contributed by atoms with Gasteiger partial charge in [-0.15, -0.1) is 0 Å². The second-order valence-corrected chi connectivity index (χ2v) is 11.2. The van der Waals surface area contributed by atoms with Crippen LogP contribution in [0.3, 0.4) is 0 Å². The van der Waals surface area contributed by atoms with Crippen LogP contribution < -0.4 is 14.5 Å². The number of hydrogen-bond donors (Lipinski definition) is 1. The molecule has 0 aromatic heterocycles. The second-order valence-electron chi connectivity index (χ2n) is 8.56. The highest BCUT2D eigenvalue weighted by atomic mass is 35.5. The summed E-state index contributed by atoms with van der Waals surface area (Å²) in [6.07, 6.45) is 1.46. The second kappa shape index (κ2) is 12.8. The SMILES string of the molecule is Cc1ccc(COc2ccc(/C=N\NC(=O)CN(c3ccc(Cl)c(Cl)c3)S(=O)(=O)c3ccccc3)cc2)cc1. The molecule has 0 heterocycles. The third kappa shape index (κ3) is 7.60. The zero-order valence-electron chi connectivity index (χ0n) is 20.9. The predicted molar refractivity (Wildman–Crippen MR) is 155 cm³/mol. The van der Waals surface area contributed by atoms with E-state index in [2.05, 4.69) is 10.5 Å². The Labute approximate surface area is 237 Å². The van der Waals surface area contributed by atoms with Crippen molar-refractivity contribution < 1.29 is 17.9 Å². The molecule has 1 N–H and O–H groups in total. The van der Waals surface area contributed by atoms with Crippen LogP contribution in [0.4, 0.5) is 5.69 Å². The van der Waals surface area contributed by atoms with Crippen LogP contribution in [0, 0.1) is 6.92 Å². The van der Waals surface area contributed by atoms with Gasteiger partial charge in [0.25, 0.3) is 15.9 Å². The Morgan fingerprint density at radius 3 is 2.28 bits per heavy atom. The van der Waals surface area contributed by atoms with E-state index in [0.717, 1.165) is 15.4 Å². The minimum atomic E-state index is -4.08. The third-order valence-corrected chi connectivity index (χ3v) is 8.15. The molecule has 4 rings (SSSR count). The minimum absolute atomic E-state index is 0.0251. The van der Waals surface area contributed by atoms with Crippen molar-refractivity contribution in [2.75, 3.05) is 10.8 Å². The number of rotatable bonds is 10. The van der Waals surface area contributed by atoms with Crippen molar-refractivity contribution in [2.24, 2.45) is 5.10 Å². The molecule has 0 saturated heterocycles. The number of nitrogens with one attached hydrogen (secondary N) is 1. The molecule has 1 amide bonds. The summed E-state index contributed by atoms with van der Waals surface area (Å²) in [7, 11) is -4.08. The van der Waals surface area contributed by atoms with Gasteiger partial charge in [-0.25, -0.2) is 13.8 Å². The molecule has 0 aliphatic carbocycles. The maximum Gasteiger partial charge on any atom is 0.264 e. The van der Waals surface area contributed by atoms with Crippen molar-refractivity contribution in [3.63, 3.8) is 0 Å². The van der Waals surface area contributed by atoms with E-state index in [9.17, 15) is 13.2 Å². The number of hydrogen-bond acceptors (Lipinski definition) is 5. The van der Waals surface area contributed by atoms with Crippen molar-refractivity contribution in [1.29, 1.82) is 0 Å². The Balaban J connectivity index is 1.41. The summed E-state index contributed by atoms with van der Waals surface area (Å²) in [4.78, 5) is 12.8. The molecule has 0 radical (unpaired) electrons. The average Bonchev–Trinajstić information content (AvgIpc) is 2.94. The lowest BCUT2D eigenvalue weighted by Crippen LogP contribution is -2.39. The number of carbonyl (C=O) groups is 1. The fourth-order valence-corrected chi connectivity index (χ4v) is 5.25. The Kier molecular flexibility index (Phi) is 9.24. The highest BCUT2D eigenvalue weighted by molar-refractivity contribution is 7.92. The quantitative estimate of drug-likeness (QED) is 0.178. The number of aryl methyl sites for hydroxylation is 1. The van der Waals surface area contributed by atoms with Gasteiger partial charge in [0.2, 0.25) is 0 Å². The lowest BCUT2D eigenvalue weighted by atomic mass is 10.2. The molecule has 0 aliphatic heterocycles. The van der Waals surface area contributed by atoms with Gasteiger partial charge in [0.1, 0.15) is 18.9 Å². The van der Waals surface area contributed by atoms with E-state index in [1.165, 1.54) is 42.1 Å². The molecule has 39 heavy (non-hydrogen) atoms. The van der Waals surface area contributed by atoms with E-state index in [1.54, 1.807) is 42.5 Å². The Hall–Kier alpha value is -3.85. The van der Waals surface area contributed by atoms with Gasteiger partial charge in [0, 0.05) is 0 Å². The van der Waals surface area contributed by atoms with E-state index in [0.29, 0.717) is 12.4 Å². The molecule has 200 valence electrons. The highest BCUT2D eigenvalue weighted by Gasteiger charge is 2.27. The van der Waals surface area contributed by atoms with E-state index in [1.807, 2.05) is 31.2 Å². The summed E-state index contributed by atoms with van der Waals surface area (Å²) < 4.78 is 33.5. The summed E-state index contributed by atoms with van der Waals surface area (Å²) in [6.45, 7) is 1.95. The zero-order chi connectivity index (χ0) is 27.8. The van der Waals surface area contributed by atoms with Crippen LogP contribution in [0.15, 0.2) is 107 Å². The molecule has 0 atom stereocenters. The van der Waals surface area contributed by atoms with E-state index >= 15 is 0 Å². The average molecular weight is 583 g/mol. The van der Waals surface area contributed by atoms with Crippen molar-refractivity contribution in [3.05, 3.63) is 124 Å². The van der Waals surface area contributed by atoms with Crippen LogP contribution >= 0.6 is 23.2 Å². The van der Waals surface area contributed by atoms with E-state index in [4.69, 9.17) is 27.9 Å². The van der Waals surface area contributed by atoms with E-state index < -0.39 is 22.5 Å². The summed E-state index contributed by atoms with van der Waals surface area (Å²) in [5.74, 6) is 0.0510. The summed E-state index contributed by atoms with van der Waals surface area (Å²) in [5, 5.41) is 4.39. The van der Waals surface area contributed by atoms with E-state index in [-0.39, 0.29) is 20.6 Å². The van der Waals surface area contributed by atoms with Crippen LogP contribution in [0.25, 0.3) is 0 Å². The number of amides is 1. The normalized spacial score (nSPS) is 11.4. The van der Waals surface area contributed by atoms with Gasteiger partial charge >= 0.3 is 0 Å². The molecule has 0 fully saturated rings. The first kappa shape index (κ1) is 28.2. The van der Waals surface area contributed by atoms with Gasteiger partial charge in [0.15, 0.2) is 0 Å². The first-order valence-corrected chi connectivity index (χ1v) is 14.0. The molecule has 10 heteroatoms. The zero-order valence-corrected chi connectivity index (χ0v) is 23.2. The van der Waals surface area contributed by atoms with Gasteiger partial charge in [-0.05, 0) is 72.6 Å². The van der Waals surface area contributed by atoms with Gasteiger partial charge in [-0.2, -0.15) is 5.10 Å². The fourth-order valence-electron chi connectivity index (χ4n) is 3.52. The number of benzene rings is 4. The lowest BCUT2D eigenvalue weighted by molar-refractivity contribution is -0.119. The number of sulfonamides is 1. The number of anilines is 1. The Morgan fingerprint density at radius 1 is 0.923 bits per heavy atom.